The predicted molar refractivity (Wildman–Crippen MR) is 116 cm³/mol. The van der Waals surface area contributed by atoms with Crippen molar-refractivity contribution in [3.05, 3.63) is 70.1 Å². The Kier molecular flexibility index (Phi) is 6.62. The molecule has 0 aliphatic carbocycles. The molecule has 1 N–H and O–H groups in total. The zero-order valence-corrected chi connectivity index (χ0v) is 17.5. The number of halogens is 3. The van der Waals surface area contributed by atoms with Crippen molar-refractivity contribution in [1.29, 1.82) is 0 Å². The van der Waals surface area contributed by atoms with Gasteiger partial charge in [0.2, 0.25) is 5.91 Å². The molecule has 30 heavy (non-hydrogen) atoms. The van der Waals surface area contributed by atoms with Gasteiger partial charge in [-0.3, -0.25) is 14.5 Å². The van der Waals surface area contributed by atoms with Crippen LogP contribution in [0.1, 0.15) is 23.1 Å². The summed E-state index contributed by atoms with van der Waals surface area (Å²) < 4.78 is 39.4. The molecule has 1 aliphatic heterocycles. The molecular weight excluding hydrogens is 433 g/mol. The molecule has 9 heteroatoms. The number of anilines is 1. The van der Waals surface area contributed by atoms with Gasteiger partial charge in [0.1, 0.15) is 4.32 Å². The Balaban J connectivity index is 1.63. The number of alkyl halides is 3. The molecule has 1 saturated heterocycles. The normalized spacial score (nSPS) is 15.7. The molecule has 0 aromatic heterocycles. The fraction of sp³-hybridized carbons (Fsp3) is 0.190. The molecule has 4 nitrogen and oxygen atoms in total. The number of amides is 2. The van der Waals surface area contributed by atoms with Gasteiger partial charge in [-0.15, -0.1) is 0 Å². The number of nitrogens with one attached hydrogen (secondary N) is 1. The number of rotatable bonds is 5. The third-order valence-electron chi connectivity index (χ3n) is 4.32. The molecule has 0 spiro atoms. The highest BCUT2D eigenvalue weighted by molar-refractivity contribution is 8.26. The van der Waals surface area contributed by atoms with Gasteiger partial charge in [-0.05, 0) is 30.7 Å². The molecule has 0 bridgehead atoms. The molecule has 0 atom stereocenters. The van der Waals surface area contributed by atoms with E-state index in [1.165, 1.54) is 23.1 Å². The Bertz CT molecular complexity index is 1020. The fourth-order valence-electron chi connectivity index (χ4n) is 2.77. The molecule has 1 fully saturated rings. The van der Waals surface area contributed by atoms with Crippen LogP contribution in [0.4, 0.5) is 18.9 Å². The minimum atomic E-state index is -4.58. The van der Waals surface area contributed by atoms with E-state index in [0.717, 1.165) is 29.0 Å². The summed E-state index contributed by atoms with van der Waals surface area (Å²) in [6.07, 6.45) is -3.04. The van der Waals surface area contributed by atoms with E-state index in [9.17, 15) is 22.8 Å². The van der Waals surface area contributed by atoms with Crippen molar-refractivity contribution in [1.82, 2.24) is 4.90 Å². The van der Waals surface area contributed by atoms with Crippen LogP contribution in [0.5, 0.6) is 0 Å². The number of thiocarbonyl (C=S) groups is 1. The summed E-state index contributed by atoms with van der Waals surface area (Å²) in [5.74, 6) is -0.961. The smallest absolute Gasteiger partial charge is 0.325 e. The molecule has 1 heterocycles. The van der Waals surface area contributed by atoms with Crippen LogP contribution in [-0.4, -0.2) is 27.6 Å². The summed E-state index contributed by atoms with van der Waals surface area (Å²) in [5, 5.41) is 2.27. The van der Waals surface area contributed by atoms with Crippen molar-refractivity contribution < 1.29 is 22.8 Å². The first-order valence-corrected chi connectivity index (χ1v) is 10.2. The first kappa shape index (κ1) is 22.0. The molecule has 156 valence electrons. The maximum atomic E-state index is 13.0. The molecule has 0 unspecified atom stereocenters. The number of nitrogens with zero attached hydrogens (tertiary/aromatic N) is 1. The lowest BCUT2D eigenvalue weighted by molar-refractivity contribution is -0.137. The van der Waals surface area contributed by atoms with E-state index in [4.69, 9.17) is 12.2 Å². The highest BCUT2D eigenvalue weighted by Gasteiger charge is 2.34. The highest BCUT2D eigenvalue weighted by Crippen LogP contribution is 2.35. The first-order chi connectivity index (χ1) is 14.1. The summed E-state index contributed by atoms with van der Waals surface area (Å²) in [6.45, 7) is 1.94. The van der Waals surface area contributed by atoms with E-state index in [0.29, 0.717) is 9.23 Å². The van der Waals surface area contributed by atoms with Gasteiger partial charge in [-0.1, -0.05) is 65.9 Å². The minimum Gasteiger partial charge on any atom is -0.325 e. The van der Waals surface area contributed by atoms with Crippen LogP contribution >= 0.6 is 24.0 Å². The Morgan fingerprint density at radius 3 is 2.50 bits per heavy atom. The molecular formula is C21H17F3N2O2S2. The van der Waals surface area contributed by atoms with E-state index in [1.807, 2.05) is 31.2 Å². The van der Waals surface area contributed by atoms with Crippen molar-refractivity contribution in [3.8, 4) is 0 Å². The van der Waals surface area contributed by atoms with Crippen LogP contribution in [0.3, 0.4) is 0 Å². The summed E-state index contributed by atoms with van der Waals surface area (Å²) in [5.41, 5.74) is 0.699. The Labute approximate surface area is 181 Å². The van der Waals surface area contributed by atoms with Gasteiger partial charge < -0.3 is 5.32 Å². The number of aryl methyl sites for hydroxylation is 1. The van der Waals surface area contributed by atoms with Crippen molar-refractivity contribution in [2.75, 3.05) is 11.9 Å². The second-order valence-electron chi connectivity index (χ2n) is 6.59. The average molecular weight is 451 g/mol. The monoisotopic (exact) mass is 450 g/mol. The third kappa shape index (κ3) is 5.28. The Morgan fingerprint density at radius 2 is 1.83 bits per heavy atom. The van der Waals surface area contributed by atoms with Crippen molar-refractivity contribution >= 4 is 51.9 Å². The quantitative estimate of drug-likeness (QED) is 0.500. The largest absolute Gasteiger partial charge is 0.418 e. The summed E-state index contributed by atoms with van der Waals surface area (Å²) in [7, 11) is 0. The lowest BCUT2D eigenvalue weighted by Gasteiger charge is -2.16. The van der Waals surface area contributed by atoms with Crippen molar-refractivity contribution in [3.63, 3.8) is 0 Å². The van der Waals surface area contributed by atoms with Crippen LogP contribution in [0.2, 0.25) is 0 Å². The molecule has 1 aliphatic rings. The number of thioether (sulfide) groups is 1. The number of carbonyl (C=O) groups excluding carboxylic acids is 2. The molecule has 2 aromatic rings. The topological polar surface area (TPSA) is 49.4 Å². The van der Waals surface area contributed by atoms with E-state index < -0.39 is 17.6 Å². The molecule has 3 rings (SSSR count). The van der Waals surface area contributed by atoms with Crippen LogP contribution in [0.15, 0.2) is 53.4 Å². The van der Waals surface area contributed by atoms with E-state index in [-0.39, 0.29) is 24.6 Å². The van der Waals surface area contributed by atoms with E-state index >= 15 is 0 Å². The SMILES string of the molecule is Cc1ccc(C=C2SC(=S)N(CCC(=O)Nc3ccccc3C(F)(F)F)C2=O)cc1. The molecule has 2 amide bonds. The Morgan fingerprint density at radius 1 is 1.17 bits per heavy atom. The van der Waals surface area contributed by atoms with Gasteiger partial charge in [0, 0.05) is 13.0 Å². The summed E-state index contributed by atoms with van der Waals surface area (Å²) >= 11 is 6.36. The van der Waals surface area contributed by atoms with Gasteiger partial charge in [0.25, 0.3) is 5.91 Å². The van der Waals surface area contributed by atoms with Crippen LogP contribution in [-0.2, 0) is 15.8 Å². The lowest BCUT2D eigenvalue weighted by Crippen LogP contribution is -2.31. The van der Waals surface area contributed by atoms with Gasteiger partial charge in [-0.2, -0.15) is 13.2 Å². The summed E-state index contributed by atoms with van der Waals surface area (Å²) in [6, 6.07) is 12.4. The number of hydrogen-bond acceptors (Lipinski definition) is 4. The van der Waals surface area contributed by atoms with E-state index in [1.54, 1.807) is 6.08 Å². The summed E-state index contributed by atoms with van der Waals surface area (Å²) in [4.78, 5) is 26.5. The van der Waals surface area contributed by atoms with Gasteiger partial charge in [0.15, 0.2) is 0 Å². The van der Waals surface area contributed by atoms with Crippen LogP contribution in [0, 0.1) is 6.92 Å². The molecule has 0 radical (unpaired) electrons. The van der Waals surface area contributed by atoms with E-state index in [2.05, 4.69) is 5.32 Å². The lowest BCUT2D eigenvalue weighted by atomic mass is 10.1. The zero-order chi connectivity index (χ0) is 21.9. The average Bonchev–Trinajstić information content (AvgIpc) is 2.94. The van der Waals surface area contributed by atoms with Crippen LogP contribution in [0.25, 0.3) is 6.08 Å². The second kappa shape index (κ2) is 9.01. The second-order valence-corrected chi connectivity index (χ2v) is 8.26. The van der Waals surface area contributed by atoms with Crippen molar-refractivity contribution in [2.24, 2.45) is 0 Å². The molecule has 2 aromatic carbocycles. The minimum absolute atomic E-state index is 0.0179. The fourth-order valence-corrected chi connectivity index (χ4v) is 4.08. The maximum Gasteiger partial charge on any atom is 0.418 e. The number of benzene rings is 2. The van der Waals surface area contributed by atoms with Gasteiger partial charge in [-0.25, -0.2) is 0 Å². The van der Waals surface area contributed by atoms with Gasteiger partial charge >= 0.3 is 6.18 Å². The predicted octanol–water partition coefficient (Wildman–Crippen LogP) is 5.24. The maximum absolute atomic E-state index is 13.0. The number of carbonyl (C=O) groups is 2. The highest BCUT2D eigenvalue weighted by atomic mass is 32.2. The molecule has 0 saturated carbocycles. The third-order valence-corrected chi connectivity index (χ3v) is 5.70. The zero-order valence-electron chi connectivity index (χ0n) is 15.8. The number of para-hydroxylation sites is 1. The standard InChI is InChI=1S/C21H17F3N2O2S2/c1-13-6-8-14(9-7-13)12-17-19(28)26(20(29)30-17)11-10-18(27)25-16-5-3-2-4-15(16)21(22,23)24/h2-9,12H,10-11H2,1H3,(H,25,27). The Hall–Kier alpha value is -2.65. The van der Waals surface area contributed by atoms with Gasteiger partial charge in [0.05, 0.1) is 16.2 Å². The number of hydrogen-bond donors (Lipinski definition) is 1. The first-order valence-electron chi connectivity index (χ1n) is 8.93. The van der Waals surface area contributed by atoms with Crippen LogP contribution < -0.4 is 5.32 Å². The van der Waals surface area contributed by atoms with Crippen molar-refractivity contribution in [2.45, 2.75) is 19.5 Å².